The number of nitrogens with zero attached hydrogens (tertiary/aromatic N) is 3. The first-order valence-corrected chi connectivity index (χ1v) is 9.99. The molecule has 1 unspecified atom stereocenters. The molecular weight excluding hydrogens is 372 g/mol. The smallest absolute Gasteiger partial charge is 0.118 e. The molecule has 0 bridgehead atoms. The van der Waals surface area contributed by atoms with E-state index in [1.54, 1.807) is 7.11 Å². The molecule has 3 aromatic carbocycles. The topological polar surface area (TPSA) is 51.4 Å². The van der Waals surface area contributed by atoms with E-state index in [-0.39, 0.29) is 6.04 Å². The van der Waals surface area contributed by atoms with Gasteiger partial charge in [0.1, 0.15) is 5.75 Å². The van der Waals surface area contributed by atoms with Gasteiger partial charge in [0.15, 0.2) is 0 Å². The second-order valence-electron chi connectivity index (χ2n) is 7.25. The van der Waals surface area contributed by atoms with Crippen LogP contribution < -0.4 is 10.2 Å². The van der Waals surface area contributed by atoms with Crippen molar-refractivity contribution >= 4 is 5.71 Å². The summed E-state index contributed by atoms with van der Waals surface area (Å²) in [6, 6.07) is 28.6. The van der Waals surface area contributed by atoms with Crippen molar-refractivity contribution < 1.29 is 4.74 Å². The highest BCUT2D eigenvalue weighted by Crippen LogP contribution is 2.33. The van der Waals surface area contributed by atoms with Gasteiger partial charge in [-0.25, -0.2) is 4.68 Å². The van der Waals surface area contributed by atoms with E-state index in [9.17, 15) is 0 Å². The highest BCUT2D eigenvalue weighted by molar-refractivity contribution is 6.02. The molecule has 0 spiro atoms. The summed E-state index contributed by atoms with van der Waals surface area (Å²) in [5.41, 5.74) is 9.71. The highest BCUT2D eigenvalue weighted by atomic mass is 16.5. The molecule has 1 aliphatic rings. The van der Waals surface area contributed by atoms with Gasteiger partial charge in [-0.15, -0.1) is 0 Å². The molecule has 5 nitrogen and oxygen atoms in total. The van der Waals surface area contributed by atoms with Crippen LogP contribution in [0.25, 0.3) is 16.9 Å². The number of para-hydroxylation sites is 1. The van der Waals surface area contributed by atoms with E-state index in [1.165, 1.54) is 0 Å². The summed E-state index contributed by atoms with van der Waals surface area (Å²) in [4.78, 5) is 0. The zero-order chi connectivity index (χ0) is 20.3. The SMILES string of the molecule is COc1ccc(C2=NNC(c3cn(-c4ccccc4)nc3-c3ccccc3)C2)cc1. The quantitative estimate of drug-likeness (QED) is 0.519. The molecular formula is C25H22N4O. The molecule has 1 aromatic heterocycles. The summed E-state index contributed by atoms with van der Waals surface area (Å²) in [5.74, 6) is 0.845. The third kappa shape index (κ3) is 3.46. The maximum absolute atomic E-state index is 5.27. The molecule has 148 valence electrons. The van der Waals surface area contributed by atoms with E-state index >= 15 is 0 Å². The minimum atomic E-state index is 0.0646. The van der Waals surface area contributed by atoms with Crippen LogP contribution in [0.1, 0.15) is 23.6 Å². The molecule has 0 amide bonds. The van der Waals surface area contributed by atoms with Gasteiger partial charge in [0, 0.05) is 23.7 Å². The number of hydrazone groups is 1. The van der Waals surface area contributed by atoms with E-state index in [2.05, 4.69) is 41.0 Å². The Morgan fingerprint density at radius 3 is 2.27 bits per heavy atom. The Kier molecular flexibility index (Phi) is 4.77. The van der Waals surface area contributed by atoms with E-state index in [0.29, 0.717) is 0 Å². The molecule has 1 atom stereocenters. The number of ether oxygens (including phenoxy) is 1. The third-order valence-electron chi connectivity index (χ3n) is 5.36. The fourth-order valence-electron chi connectivity index (χ4n) is 3.76. The number of benzene rings is 3. The number of hydrogen-bond donors (Lipinski definition) is 1. The molecule has 30 heavy (non-hydrogen) atoms. The second kappa shape index (κ2) is 7.87. The predicted molar refractivity (Wildman–Crippen MR) is 119 cm³/mol. The lowest BCUT2D eigenvalue weighted by Crippen LogP contribution is -2.10. The molecule has 0 aliphatic carbocycles. The summed E-state index contributed by atoms with van der Waals surface area (Å²) in [7, 11) is 1.68. The molecule has 1 aliphatic heterocycles. The molecule has 5 rings (SSSR count). The fraction of sp³-hybridized carbons (Fsp3) is 0.120. The molecule has 1 N–H and O–H groups in total. The summed E-state index contributed by atoms with van der Waals surface area (Å²) in [6.07, 6.45) is 2.91. The van der Waals surface area contributed by atoms with Crippen LogP contribution in [0, 0.1) is 0 Å². The van der Waals surface area contributed by atoms with Crippen molar-refractivity contribution in [3.8, 4) is 22.7 Å². The second-order valence-corrected chi connectivity index (χ2v) is 7.25. The molecule has 5 heteroatoms. The first kappa shape index (κ1) is 18.2. The van der Waals surface area contributed by atoms with Crippen LogP contribution in [0.4, 0.5) is 0 Å². The number of rotatable bonds is 5. The Balaban J connectivity index is 1.48. The van der Waals surface area contributed by atoms with Crippen LogP contribution in [-0.4, -0.2) is 22.6 Å². The maximum Gasteiger partial charge on any atom is 0.118 e. The van der Waals surface area contributed by atoms with Crippen LogP contribution in [0.15, 0.2) is 96.2 Å². The van der Waals surface area contributed by atoms with Crippen LogP contribution >= 0.6 is 0 Å². The van der Waals surface area contributed by atoms with Gasteiger partial charge in [0.25, 0.3) is 0 Å². The largest absolute Gasteiger partial charge is 0.497 e. The zero-order valence-corrected chi connectivity index (χ0v) is 16.7. The van der Waals surface area contributed by atoms with Crippen molar-refractivity contribution in [1.82, 2.24) is 15.2 Å². The number of methoxy groups -OCH3 is 1. The van der Waals surface area contributed by atoms with Crippen molar-refractivity contribution in [3.63, 3.8) is 0 Å². The molecule has 2 heterocycles. The van der Waals surface area contributed by atoms with Gasteiger partial charge in [-0.2, -0.15) is 10.2 Å². The Morgan fingerprint density at radius 2 is 1.57 bits per heavy atom. The Hall–Kier alpha value is -3.86. The lowest BCUT2D eigenvalue weighted by Gasteiger charge is -2.10. The first-order chi connectivity index (χ1) is 14.8. The Bertz CT molecular complexity index is 1170. The zero-order valence-electron chi connectivity index (χ0n) is 16.7. The summed E-state index contributed by atoms with van der Waals surface area (Å²) in [6.45, 7) is 0. The van der Waals surface area contributed by atoms with E-state index < -0.39 is 0 Å². The van der Waals surface area contributed by atoms with Gasteiger partial charge < -0.3 is 10.2 Å². The first-order valence-electron chi connectivity index (χ1n) is 9.99. The van der Waals surface area contributed by atoms with E-state index in [4.69, 9.17) is 9.84 Å². The van der Waals surface area contributed by atoms with Gasteiger partial charge in [-0.05, 0) is 42.0 Å². The average molecular weight is 394 g/mol. The van der Waals surface area contributed by atoms with Crippen molar-refractivity contribution in [2.45, 2.75) is 12.5 Å². The lowest BCUT2D eigenvalue weighted by molar-refractivity contribution is 0.415. The summed E-state index contributed by atoms with van der Waals surface area (Å²) in [5, 5.41) is 9.55. The normalized spacial score (nSPS) is 15.5. The molecule has 0 radical (unpaired) electrons. The Labute approximate surface area is 175 Å². The van der Waals surface area contributed by atoms with Gasteiger partial charge in [-0.1, -0.05) is 48.5 Å². The number of aromatic nitrogens is 2. The standard InChI is InChI=1S/C25H22N4O/c1-30-21-14-12-18(13-15-21)23-16-24(27-26-23)22-17-29(20-10-6-3-7-11-20)28-25(22)19-8-4-2-5-9-19/h2-15,17,24,27H,16H2,1H3. The summed E-state index contributed by atoms with van der Waals surface area (Å²) >= 11 is 0. The number of hydrogen-bond acceptors (Lipinski definition) is 4. The summed E-state index contributed by atoms with van der Waals surface area (Å²) < 4.78 is 7.21. The van der Waals surface area contributed by atoms with Gasteiger partial charge in [0.05, 0.1) is 30.2 Å². The fourth-order valence-corrected chi connectivity index (χ4v) is 3.76. The van der Waals surface area contributed by atoms with Crippen LogP contribution in [-0.2, 0) is 0 Å². The van der Waals surface area contributed by atoms with Gasteiger partial charge in [-0.3, -0.25) is 0 Å². The Morgan fingerprint density at radius 1 is 0.867 bits per heavy atom. The average Bonchev–Trinajstić information content (AvgIpc) is 3.48. The van der Waals surface area contributed by atoms with E-state index in [1.807, 2.05) is 65.3 Å². The minimum Gasteiger partial charge on any atom is -0.497 e. The lowest BCUT2D eigenvalue weighted by atomic mass is 9.97. The third-order valence-corrected chi connectivity index (χ3v) is 5.36. The minimum absolute atomic E-state index is 0.0646. The highest BCUT2D eigenvalue weighted by Gasteiger charge is 2.26. The van der Waals surface area contributed by atoms with Gasteiger partial charge >= 0.3 is 0 Å². The van der Waals surface area contributed by atoms with Crippen LogP contribution in [0.3, 0.4) is 0 Å². The molecule has 0 saturated carbocycles. The predicted octanol–water partition coefficient (Wildman–Crippen LogP) is 4.99. The van der Waals surface area contributed by atoms with Crippen LogP contribution in [0.5, 0.6) is 5.75 Å². The number of nitrogens with one attached hydrogen (secondary N) is 1. The monoisotopic (exact) mass is 394 g/mol. The molecule has 0 saturated heterocycles. The van der Waals surface area contributed by atoms with Crippen molar-refractivity contribution in [3.05, 3.63) is 102 Å². The maximum atomic E-state index is 5.27. The molecule has 4 aromatic rings. The van der Waals surface area contributed by atoms with Gasteiger partial charge in [0.2, 0.25) is 0 Å². The van der Waals surface area contributed by atoms with Crippen molar-refractivity contribution in [2.75, 3.05) is 7.11 Å². The molecule has 0 fully saturated rings. The van der Waals surface area contributed by atoms with Crippen molar-refractivity contribution in [2.24, 2.45) is 5.10 Å². The van der Waals surface area contributed by atoms with Crippen LogP contribution in [0.2, 0.25) is 0 Å². The van der Waals surface area contributed by atoms with E-state index in [0.717, 1.165) is 46.0 Å². The van der Waals surface area contributed by atoms with Crippen molar-refractivity contribution in [1.29, 1.82) is 0 Å².